The average molecular weight is 967 g/mol. The van der Waals surface area contributed by atoms with Crippen molar-refractivity contribution in [3.05, 3.63) is 72.9 Å². The fourth-order valence-corrected chi connectivity index (χ4v) is 8.47. The smallest absolute Gasteiger partial charge is 0.462 e. The topological polar surface area (TPSA) is 222 Å². The second-order valence-electron chi connectivity index (χ2n) is 17.7. The van der Waals surface area contributed by atoms with Gasteiger partial charge in [0.25, 0.3) is 0 Å². The molecule has 0 aromatic rings. The van der Waals surface area contributed by atoms with Crippen LogP contribution < -0.4 is 0 Å². The molecule has 0 aromatic carbocycles. The second kappa shape index (κ2) is 38.1. The number of hydrogen-bond donors (Lipinski definition) is 6. The van der Waals surface area contributed by atoms with Crippen molar-refractivity contribution in [2.24, 2.45) is 0 Å². The predicted molar refractivity (Wildman–Crippen MR) is 262 cm³/mol. The highest BCUT2D eigenvalue weighted by Gasteiger charge is 2.51. The van der Waals surface area contributed by atoms with Gasteiger partial charge >= 0.3 is 19.8 Å². The Bertz CT molecular complexity index is 1510. The Hall–Kier alpha value is -2.75. The lowest BCUT2D eigenvalue weighted by Gasteiger charge is -2.41. The number of allylic oxidation sites excluding steroid dienone is 11. The molecular formula is C52H87O14P. The molecule has 0 aromatic heterocycles. The van der Waals surface area contributed by atoms with Crippen LogP contribution >= 0.6 is 7.82 Å². The molecule has 1 aliphatic heterocycles. The van der Waals surface area contributed by atoms with E-state index in [0.29, 0.717) is 19.3 Å². The Labute approximate surface area is 401 Å². The lowest BCUT2D eigenvalue weighted by Crippen LogP contribution is -2.64. The number of hydrogen-bond acceptors (Lipinski definition) is 13. The summed E-state index contributed by atoms with van der Waals surface area (Å²) in [6.45, 7) is 3.18. The quantitative estimate of drug-likeness (QED) is 0.0111. The molecule has 0 amide bonds. The highest BCUT2D eigenvalue weighted by molar-refractivity contribution is 7.47. The molecule has 2 aliphatic rings. The lowest BCUT2D eigenvalue weighted by molar-refractivity contribution is -0.220. The monoisotopic (exact) mass is 967 g/mol. The lowest BCUT2D eigenvalue weighted by atomic mass is 9.85. The largest absolute Gasteiger partial charge is 0.472 e. The molecule has 384 valence electrons. The maximum Gasteiger partial charge on any atom is 0.472 e. The van der Waals surface area contributed by atoms with Gasteiger partial charge in [-0.15, -0.1) is 0 Å². The average Bonchev–Trinajstić information content (AvgIpc) is 4.07. The molecule has 1 saturated heterocycles. The SMILES string of the molecule is CCCCC/C=C\C/C=C\C/C=C\CC1OC1CCCC(=O)O[C@H](COC(=O)CCCCCCCC/C=C\C/C=C\C/C=C\CCCCCC)COP(=O)(O)OC1[C@H](O)[C@H](O)C(O)[C@H](O)[C@H]1O. The first-order valence-corrected chi connectivity index (χ1v) is 26.9. The van der Waals surface area contributed by atoms with Crippen LogP contribution in [0.3, 0.4) is 0 Å². The van der Waals surface area contributed by atoms with Gasteiger partial charge in [0.15, 0.2) is 6.10 Å². The molecule has 67 heavy (non-hydrogen) atoms. The van der Waals surface area contributed by atoms with Crippen molar-refractivity contribution in [2.75, 3.05) is 13.2 Å². The van der Waals surface area contributed by atoms with Gasteiger partial charge in [-0.05, 0) is 89.9 Å². The van der Waals surface area contributed by atoms with Crippen molar-refractivity contribution in [2.45, 2.75) is 229 Å². The first kappa shape index (κ1) is 60.4. The molecule has 2 fully saturated rings. The summed E-state index contributed by atoms with van der Waals surface area (Å²) in [7, 11) is -5.15. The zero-order valence-electron chi connectivity index (χ0n) is 40.6. The molecule has 0 radical (unpaired) electrons. The molecule has 0 bridgehead atoms. The van der Waals surface area contributed by atoms with Crippen molar-refractivity contribution in [3.8, 4) is 0 Å². The molecule has 10 atom stereocenters. The van der Waals surface area contributed by atoms with E-state index in [9.17, 15) is 44.6 Å². The Kier molecular flexibility index (Phi) is 34.3. The maximum absolute atomic E-state index is 12.9. The minimum atomic E-state index is -5.15. The Morgan fingerprint density at radius 3 is 1.55 bits per heavy atom. The number of carbonyl (C=O) groups excluding carboxylic acids is 2. The molecule has 14 nitrogen and oxygen atoms in total. The molecule has 0 spiro atoms. The van der Waals surface area contributed by atoms with Gasteiger partial charge in [0.2, 0.25) is 0 Å². The van der Waals surface area contributed by atoms with Gasteiger partial charge in [0.05, 0.1) is 18.8 Å². The molecule has 1 heterocycles. The number of phosphoric acid groups is 1. The van der Waals surface area contributed by atoms with Crippen molar-refractivity contribution in [1.29, 1.82) is 0 Å². The molecule has 6 N–H and O–H groups in total. The number of aliphatic hydroxyl groups excluding tert-OH is 5. The number of aliphatic hydroxyl groups is 5. The Morgan fingerprint density at radius 2 is 0.985 bits per heavy atom. The third kappa shape index (κ3) is 29.8. The summed E-state index contributed by atoms with van der Waals surface area (Å²) in [6.07, 6.45) is 36.7. The van der Waals surface area contributed by atoms with E-state index in [0.717, 1.165) is 77.0 Å². The van der Waals surface area contributed by atoms with Crippen LogP contribution in [-0.2, 0) is 37.4 Å². The third-order valence-corrected chi connectivity index (χ3v) is 12.7. The maximum atomic E-state index is 12.9. The van der Waals surface area contributed by atoms with Crippen LogP contribution in [0.5, 0.6) is 0 Å². The number of esters is 2. The number of ether oxygens (including phenoxy) is 3. The second-order valence-corrected chi connectivity index (χ2v) is 19.1. The van der Waals surface area contributed by atoms with Crippen LogP contribution in [0.25, 0.3) is 0 Å². The summed E-state index contributed by atoms with van der Waals surface area (Å²) in [5.74, 6) is -1.19. The molecule has 5 unspecified atom stereocenters. The summed E-state index contributed by atoms with van der Waals surface area (Å²) in [4.78, 5) is 35.9. The van der Waals surface area contributed by atoms with E-state index < -0.39 is 75.7 Å². The van der Waals surface area contributed by atoms with E-state index in [1.807, 2.05) is 0 Å². The third-order valence-electron chi connectivity index (χ3n) is 11.7. The molecule has 15 heteroatoms. The van der Waals surface area contributed by atoms with Gasteiger partial charge in [-0.3, -0.25) is 18.6 Å². The first-order valence-electron chi connectivity index (χ1n) is 25.4. The van der Waals surface area contributed by atoms with E-state index in [2.05, 4.69) is 86.8 Å². The number of epoxide rings is 1. The standard InChI is InChI=1S/C52H87O14P/c1-3-5-7-9-11-13-15-17-18-19-20-21-22-23-24-26-28-30-32-34-38-45(53)62-40-42(41-63-67(60,61)66-52-50(58)48(56)47(55)49(57)51(52)59)64-46(54)39-35-37-44-43(65-44)36-33-31-29-27-25-16-14-12-10-8-6-4-2/h12-15,18-19,21-22,25,27,31,33,42-44,47-52,55-59H,3-11,16-17,20,23-24,26,28-30,32,34-41H2,1-2H3,(H,60,61)/b14-12-,15-13-,19-18-,22-21-,27-25-,33-31-/t42-,43?,44?,47?,48-,49+,50-,51-,52?/m1/s1. The van der Waals surface area contributed by atoms with Crippen LogP contribution in [0, 0.1) is 0 Å². The molecule has 1 saturated carbocycles. The van der Waals surface area contributed by atoms with E-state index in [1.165, 1.54) is 51.4 Å². The fourth-order valence-electron chi connectivity index (χ4n) is 7.50. The van der Waals surface area contributed by atoms with Gasteiger partial charge in [-0.1, -0.05) is 145 Å². The van der Waals surface area contributed by atoms with E-state index in [1.54, 1.807) is 0 Å². The molecule has 1 aliphatic carbocycles. The highest BCUT2D eigenvalue weighted by atomic mass is 31.2. The van der Waals surface area contributed by atoms with E-state index in [-0.39, 0.29) is 25.0 Å². The minimum absolute atomic E-state index is 0.00158. The summed E-state index contributed by atoms with van der Waals surface area (Å²) in [6, 6.07) is 0. The zero-order valence-corrected chi connectivity index (χ0v) is 41.5. The summed E-state index contributed by atoms with van der Waals surface area (Å²) < 4.78 is 39.4. The number of unbranched alkanes of at least 4 members (excludes halogenated alkanes) is 13. The summed E-state index contributed by atoms with van der Waals surface area (Å²) in [5, 5.41) is 50.3. The van der Waals surface area contributed by atoms with Crippen LogP contribution in [-0.4, -0.2) is 111 Å². The van der Waals surface area contributed by atoms with Crippen LogP contribution in [0.15, 0.2) is 72.9 Å². The van der Waals surface area contributed by atoms with Gasteiger partial charge in [0.1, 0.15) is 43.2 Å². The van der Waals surface area contributed by atoms with Crippen molar-refractivity contribution < 1.29 is 67.8 Å². The van der Waals surface area contributed by atoms with Gasteiger partial charge in [-0.2, -0.15) is 0 Å². The van der Waals surface area contributed by atoms with E-state index in [4.69, 9.17) is 23.3 Å². The Balaban J connectivity index is 1.71. The molecular weight excluding hydrogens is 880 g/mol. The number of carbonyl (C=O) groups is 2. The number of rotatable bonds is 40. The van der Waals surface area contributed by atoms with Gasteiger partial charge in [-0.25, -0.2) is 4.57 Å². The fraction of sp³-hybridized carbons (Fsp3) is 0.731. The molecule has 2 rings (SSSR count). The van der Waals surface area contributed by atoms with Gasteiger partial charge < -0.3 is 44.6 Å². The van der Waals surface area contributed by atoms with E-state index >= 15 is 0 Å². The van der Waals surface area contributed by atoms with Crippen LogP contribution in [0.4, 0.5) is 0 Å². The van der Waals surface area contributed by atoms with Crippen LogP contribution in [0.1, 0.15) is 174 Å². The minimum Gasteiger partial charge on any atom is -0.462 e. The first-order chi connectivity index (χ1) is 32.4. The number of phosphoric ester groups is 1. The van der Waals surface area contributed by atoms with Crippen molar-refractivity contribution >= 4 is 19.8 Å². The van der Waals surface area contributed by atoms with Crippen LogP contribution in [0.2, 0.25) is 0 Å². The van der Waals surface area contributed by atoms with Gasteiger partial charge in [0, 0.05) is 12.8 Å². The van der Waals surface area contributed by atoms with Crippen molar-refractivity contribution in [1.82, 2.24) is 0 Å². The zero-order chi connectivity index (χ0) is 49.0. The summed E-state index contributed by atoms with van der Waals surface area (Å²) in [5.41, 5.74) is 0. The highest BCUT2D eigenvalue weighted by Crippen LogP contribution is 2.47. The van der Waals surface area contributed by atoms with Crippen molar-refractivity contribution in [3.63, 3.8) is 0 Å². The summed E-state index contributed by atoms with van der Waals surface area (Å²) >= 11 is 0. The normalized spacial score (nSPS) is 24.8. The predicted octanol–water partition coefficient (Wildman–Crippen LogP) is 9.66. The Morgan fingerprint density at radius 1 is 0.537 bits per heavy atom.